The monoisotopic (exact) mass is 596 g/mol. The highest BCUT2D eigenvalue weighted by Gasteiger charge is 2.41. The fourth-order valence-electron chi connectivity index (χ4n) is 5.16. The van der Waals surface area contributed by atoms with Crippen molar-refractivity contribution in [2.45, 2.75) is 57.1 Å². The summed E-state index contributed by atoms with van der Waals surface area (Å²) in [6.45, 7) is 4.24. The average molecular weight is 597 g/mol. The van der Waals surface area contributed by atoms with Crippen LogP contribution in [0.25, 0.3) is 11.1 Å². The maximum absolute atomic E-state index is 13.9. The number of aryl methyl sites for hydroxylation is 1. The highest BCUT2D eigenvalue weighted by molar-refractivity contribution is 6.03. The molecule has 7 nitrogen and oxygen atoms in total. The van der Waals surface area contributed by atoms with Gasteiger partial charge in [0.2, 0.25) is 5.91 Å². The molecule has 0 bridgehead atoms. The molecule has 1 aromatic carbocycles. The molecule has 2 aromatic heterocycles. The van der Waals surface area contributed by atoms with Crippen LogP contribution in [0.3, 0.4) is 0 Å². The summed E-state index contributed by atoms with van der Waals surface area (Å²) in [4.78, 5) is 25.5. The number of benzene rings is 1. The zero-order valence-electron chi connectivity index (χ0n) is 23.3. The van der Waals surface area contributed by atoms with Crippen LogP contribution in [0.15, 0.2) is 48.8 Å². The Balaban J connectivity index is 1.82. The molecule has 1 aliphatic rings. The van der Waals surface area contributed by atoms with E-state index in [-0.39, 0.29) is 24.9 Å². The second-order valence-electron chi connectivity index (χ2n) is 10.9. The molecule has 0 spiro atoms. The Morgan fingerprint density at radius 2 is 1.60 bits per heavy atom. The van der Waals surface area contributed by atoms with Crippen molar-refractivity contribution in [3.8, 4) is 11.1 Å². The van der Waals surface area contributed by atoms with E-state index in [0.717, 1.165) is 4.90 Å². The van der Waals surface area contributed by atoms with Crippen molar-refractivity contribution in [3.05, 3.63) is 71.2 Å². The number of pyridine rings is 2. The van der Waals surface area contributed by atoms with Crippen molar-refractivity contribution in [2.24, 2.45) is 0 Å². The van der Waals surface area contributed by atoms with Crippen LogP contribution in [0.5, 0.6) is 0 Å². The van der Waals surface area contributed by atoms with Gasteiger partial charge in [-0.3, -0.25) is 9.78 Å². The minimum absolute atomic E-state index is 0.0225. The van der Waals surface area contributed by atoms with E-state index in [4.69, 9.17) is 0 Å². The van der Waals surface area contributed by atoms with Gasteiger partial charge in [0.25, 0.3) is 0 Å². The van der Waals surface area contributed by atoms with Gasteiger partial charge in [-0.25, -0.2) is 4.98 Å². The minimum atomic E-state index is -5.07. The highest BCUT2D eigenvalue weighted by atomic mass is 19.4. The number of alkyl halides is 6. The number of anilines is 2. The van der Waals surface area contributed by atoms with Crippen molar-refractivity contribution in [1.82, 2.24) is 9.97 Å². The largest absolute Gasteiger partial charge is 0.416 e. The van der Waals surface area contributed by atoms with Gasteiger partial charge in [0, 0.05) is 36.6 Å². The van der Waals surface area contributed by atoms with E-state index >= 15 is 0 Å². The number of likely N-dealkylation sites (N-methyl/N-ethyl adjacent to an activating group) is 1. The first-order chi connectivity index (χ1) is 19.4. The molecular formula is C29H30F6N4O3. The third-order valence-corrected chi connectivity index (χ3v) is 7.57. The van der Waals surface area contributed by atoms with Crippen LogP contribution in [0.1, 0.15) is 42.7 Å². The van der Waals surface area contributed by atoms with E-state index < -0.39 is 52.5 Å². The van der Waals surface area contributed by atoms with Gasteiger partial charge in [0.1, 0.15) is 5.82 Å². The Bertz CT molecular complexity index is 1440. The Hall–Kier alpha value is -3.71. The minimum Gasteiger partial charge on any atom is -0.394 e. The molecule has 1 fully saturated rings. The standard InChI is InChI=1S/C29H30F6N4O3/c1-16-22(6-5-7-36-16)23-12-25(39-14-21(41)11-20(39)15-40)37-13-24(23)38(4)26(42)27(2,3)17-8-18(28(30,31)32)10-19(9-17)29(33,34)35/h5-10,12-13,20-21,40-41H,11,14-15H2,1-4H3/t20-,21+/m0/s1. The first-order valence-corrected chi connectivity index (χ1v) is 13.0. The van der Waals surface area contributed by atoms with Gasteiger partial charge in [0.05, 0.1) is 47.2 Å². The summed E-state index contributed by atoms with van der Waals surface area (Å²) in [5.41, 5.74) is -3.42. The molecule has 0 radical (unpaired) electrons. The molecule has 226 valence electrons. The summed E-state index contributed by atoms with van der Waals surface area (Å²) in [5, 5.41) is 20.0. The summed E-state index contributed by atoms with van der Waals surface area (Å²) >= 11 is 0. The summed E-state index contributed by atoms with van der Waals surface area (Å²) in [6.07, 6.45) is -7.56. The molecule has 0 aliphatic carbocycles. The fourth-order valence-corrected chi connectivity index (χ4v) is 5.16. The number of aromatic nitrogens is 2. The lowest BCUT2D eigenvalue weighted by Crippen LogP contribution is -2.42. The Labute approximate surface area is 238 Å². The summed E-state index contributed by atoms with van der Waals surface area (Å²) in [7, 11) is 1.37. The second kappa shape index (κ2) is 11.2. The zero-order chi connectivity index (χ0) is 31.2. The fraction of sp³-hybridized carbons (Fsp3) is 0.414. The van der Waals surface area contributed by atoms with Crippen molar-refractivity contribution in [3.63, 3.8) is 0 Å². The van der Waals surface area contributed by atoms with Crippen LogP contribution in [0.2, 0.25) is 0 Å². The number of halogens is 6. The van der Waals surface area contributed by atoms with Gasteiger partial charge in [-0.15, -0.1) is 0 Å². The molecule has 3 heterocycles. The maximum Gasteiger partial charge on any atom is 0.416 e. The molecule has 1 aliphatic heterocycles. The van der Waals surface area contributed by atoms with E-state index in [0.29, 0.717) is 41.2 Å². The number of carbonyl (C=O) groups is 1. The molecular weight excluding hydrogens is 566 g/mol. The maximum atomic E-state index is 13.9. The van der Waals surface area contributed by atoms with Gasteiger partial charge >= 0.3 is 12.4 Å². The molecule has 3 aromatic rings. The van der Waals surface area contributed by atoms with Crippen molar-refractivity contribution >= 4 is 17.4 Å². The Morgan fingerprint density at radius 1 is 1.00 bits per heavy atom. The van der Waals surface area contributed by atoms with Crippen LogP contribution in [0, 0.1) is 6.92 Å². The van der Waals surface area contributed by atoms with E-state index in [2.05, 4.69) is 9.97 Å². The van der Waals surface area contributed by atoms with Crippen LogP contribution in [0.4, 0.5) is 37.8 Å². The number of nitrogens with zero attached hydrogens (tertiary/aromatic N) is 4. The third-order valence-electron chi connectivity index (χ3n) is 7.57. The molecule has 1 saturated heterocycles. The van der Waals surface area contributed by atoms with Gasteiger partial charge in [-0.1, -0.05) is 6.07 Å². The number of rotatable bonds is 6. The van der Waals surface area contributed by atoms with Gasteiger partial charge in [-0.2, -0.15) is 26.3 Å². The number of hydrogen-bond donors (Lipinski definition) is 2. The third kappa shape index (κ3) is 6.07. The number of carbonyl (C=O) groups excluding carboxylic acids is 1. The first kappa shape index (κ1) is 31.2. The summed E-state index contributed by atoms with van der Waals surface area (Å²) < 4.78 is 81.4. The molecule has 0 unspecified atom stereocenters. The number of aliphatic hydroxyl groups excluding tert-OH is 2. The van der Waals surface area contributed by atoms with E-state index in [1.807, 2.05) is 0 Å². The quantitative estimate of drug-likeness (QED) is 0.373. The lowest BCUT2D eigenvalue weighted by Gasteiger charge is -2.32. The van der Waals surface area contributed by atoms with Crippen molar-refractivity contribution in [1.29, 1.82) is 0 Å². The average Bonchev–Trinajstić information content (AvgIpc) is 3.31. The van der Waals surface area contributed by atoms with Crippen molar-refractivity contribution < 1.29 is 41.4 Å². The first-order valence-electron chi connectivity index (χ1n) is 13.0. The topological polar surface area (TPSA) is 89.8 Å². The van der Waals surface area contributed by atoms with Gasteiger partial charge in [-0.05, 0) is 63.1 Å². The smallest absolute Gasteiger partial charge is 0.394 e. The second-order valence-corrected chi connectivity index (χ2v) is 10.9. The van der Waals surface area contributed by atoms with Gasteiger partial charge < -0.3 is 20.0 Å². The van der Waals surface area contributed by atoms with Crippen LogP contribution < -0.4 is 9.80 Å². The highest BCUT2D eigenvalue weighted by Crippen LogP contribution is 2.41. The van der Waals surface area contributed by atoms with E-state index in [9.17, 15) is 41.4 Å². The molecule has 2 N–H and O–H groups in total. The normalized spacial score (nSPS) is 18.0. The lowest BCUT2D eigenvalue weighted by molar-refractivity contribution is -0.143. The molecule has 42 heavy (non-hydrogen) atoms. The predicted molar refractivity (Wildman–Crippen MR) is 144 cm³/mol. The van der Waals surface area contributed by atoms with Crippen molar-refractivity contribution in [2.75, 3.05) is 30.0 Å². The Kier molecular flexibility index (Phi) is 8.31. The van der Waals surface area contributed by atoms with E-state index in [1.54, 1.807) is 36.2 Å². The lowest BCUT2D eigenvalue weighted by atomic mass is 9.81. The van der Waals surface area contributed by atoms with Crippen LogP contribution in [-0.2, 0) is 22.6 Å². The molecule has 2 atom stereocenters. The number of amides is 1. The SMILES string of the molecule is Cc1ncccc1-c1cc(N2C[C@H](O)C[C@H]2CO)ncc1N(C)C(=O)C(C)(C)c1cc(C(F)(F)F)cc(C(F)(F)F)c1. The number of aliphatic hydroxyl groups is 2. The number of hydrogen-bond acceptors (Lipinski definition) is 6. The zero-order valence-corrected chi connectivity index (χ0v) is 23.3. The van der Waals surface area contributed by atoms with E-state index in [1.165, 1.54) is 27.1 Å². The summed E-state index contributed by atoms with van der Waals surface area (Å²) in [6, 6.07) is 5.82. The molecule has 0 saturated carbocycles. The number of β-amino-alcohol motifs (C(OH)–C–C–N with tert-alkyl or cyclic N) is 1. The van der Waals surface area contributed by atoms with Gasteiger partial charge in [0.15, 0.2) is 0 Å². The molecule has 4 rings (SSSR count). The Morgan fingerprint density at radius 3 is 2.14 bits per heavy atom. The predicted octanol–water partition coefficient (Wildman–Crippen LogP) is 5.36. The molecule has 13 heteroatoms. The van der Waals surface area contributed by atoms with Crippen LogP contribution >= 0.6 is 0 Å². The van der Waals surface area contributed by atoms with Crippen LogP contribution in [-0.4, -0.2) is 58.4 Å². The summed E-state index contributed by atoms with van der Waals surface area (Å²) in [5.74, 6) is -0.377. The molecule has 1 amide bonds.